The standard InChI is InChI=1S/C16H29N3/c1-6-12(3)19-9-8-13(18-19)10-15(17-7-2)14-11-16(14,4)5/h8-9,12,14-15,17H,6-7,10-11H2,1-5H3. The highest BCUT2D eigenvalue weighted by molar-refractivity contribution is 5.09. The molecule has 1 aliphatic rings. The van der Waals surface area contributed by atoms with E-state index in [0.717, 1.165) is 25.3 Å². The van der Waals surface area contributed by atoms with Gasteiger partial charge in [0.2, 0.25) is 0 Å². The number of likely N-dealkylation sites (N-methyl/N-ethyl adjacent to an activating group) is 1. The molecule has 1 N–H and O–H groups in total. The lowest BCUT2D eigenvalue weighted by molar-refractivity contribution is 0.402. The zero-order valence-electron chi connectivity index (χ0n) is 13.1. The second kappa shape index (κ2) is 5.66. The van der Waals surface area contributed by atoms with E-state index >= 15 is 0 Å². The van der Waals surface area contributed by atoms with Crippen molar-refractivity contribution in [2.75, 3.05) is 6.54 Å². The van der Waals surface area contributed by atoms with Crippen LogP contribution in [0.15, 0.2) is 12.3 Å². The monoisotopic (exact) mass is 263 g/mol. The zero-order valence-corrected chi connectivity index (χ0v) is 13.1. The number of rotatable bonds is 7. The van der Waals surface area contributed by atoms with E-state index in [-0.39, 0.29) is 0 Å². The van der Waals surface area contributed by atoms with Gasteiger partial charge in [0.25, 0.3) is 0 Å². The summed E-state index contributed by atoms with van der Waals surface area (Å²) in [5, 5.41) is 8.39. The maximum Gasteiger partial charge on any atom is 0.0640 e. The number of nitrogens with one attached hydrogen (secondary N) is 1. The molecule has 1 heterocycles. The van der Waals surface area contributed by atoms with Crippen LogP contribution >= 0.6 is 0 Å². The molecule has 2 rings (SSSR count). The van der Waals surface area contributed by atoms with Crippen molar-refractivity contribution < 1.29 is 0 Å². The Kier molecular flexibility index (Phi) is 4.34. The molecule has 108 valence electrons. The molecule has 0 spiro atoms. The van der Waals surface area contributed by atoms with Gasteiger partial charge in [0.1, 0.15) is 0 Å². The lowest BCUT2D eigenvalue weighted by Crippen LogP contribution is -2.34. The first kappa shape index (κ1) is 14.6. The quantitative estimate of drug-likeness (QED) is 0.817. The molecular weight excluding hydrogens is 234 g/mol. The van der Waals surface area contributed by atoms with Crippen LogP contribution in [0.1, 0.15) is 59.2 Å². The molecule has 1 aromatic heterocycles. The summed E-state index contributed by atoms with van der Waals surface area (Å²) in [6.45, 7) is 12.4. The number of aromatic nitrogens is 2. The summed E-state index contributed by atoms with van der Waals surface area (Å²) in [6, 6.07) is 3.27. The van der Waals surface area contributed by atoms with Crippen LogP contribution in [0, 0.1) is 11.3 Å². The predicted molar refractivity (Wildman–Crippen MR) is 80.3 cm³/mol. The van der Waals surface area contributed by atoms with E-state index in [1.165, 1.54) is 12.1 Å². The highest BCUT2D eigenvalue weighted by atomic mass is 15.3. The smallest absolute Gasteiger partial charge is 0.0640 e. The topological polar surface area (TPSA) is 29.9 Å². The molecule has 1 aromatic rings. The molecule has 0 bridgehead atoms. The third-order valence-electron chi connectivity index (χ3n) is 4.68. The molecule has 0 aliphatic heterocycles. The van der Waals surface area contributed by atoms with Crippen LogP contribution in [0.4, 0.5) is 0 Å². The summed E-state index contributed by atoms with van der Waals surface area (Å²) < 4.78 is 2.11. The van der Waals surface area contributed by atoms with Crippen molar-refractivity contribution in [3.05, 3.63) is 18.0 Å². The van der Waals surface area contributed by atoms with Crippen molar-refractivity contribution in [2.24, 2.45) is 11.3 Å². The summed E-state index contributed by atoms with van der Waals surface area (Å²) in [7, 11) is 0. The molecular formula is C16H29N3. The van der Waals surface area contributed by atoms with E-state index in [4.69, 9.17) is 5.10 Å². The summed E-state index contributed by atoms with van der Waals surface area (Å²) in [5.74, 6) is 0.807. The minimum atomic E-state index is 0.503. The second-order valence-corrected chi connectivity index (χ2v) is 6.71. The fourth-order valence-electron chi connectivity index (χ4n) is 2.96. The fraction of sp³-hybridized carbons (Fsp3) is 0.812. The third-order valence-corrected chi connectivity index (χ3v) is 4.68. The van der Waals surface area contributed by atoms with E-state index in [9.17, 15) is 0 Å². The van der Waals surface area contributed by atoms with Gasteiger partial charge in [-0.3, -0.25) is 4.68 Å². The first-order valence-electron chi connectivity index (χ1n) is 7.75. The highest BCUT2D eigenvalue weighted by Gasteiger charge is 2.49. The van der Waals surface area contributed by atoms with Crippen molar-refractivity contribution in [3.63, 3.8) is 0 Å². The first-order chi connectivity index (χ1) is 8.97. The minimum absolute atomic E-state index is 0.503. The molecule has 1 fully saturated rings. The Morgan fingerprint density at radius 2 is 2.16 bits per heavy atom. The van der Waals surface area contributed by atoms with Gasteiger partial charge in [0, 0.05) is 24.7 Å². The Hall–Kier alpha value is -0.830. The average Bonchev–Trinajstić information content (AvgIpc) is 2.79. The second-order valence-electron chi connectivity index (χ2n) is 6.71. The van der Waals surface area contributed by atoms with Crippen molar-refractivity contribution in [1.29, 1.82) is 0 Å². The lowest BCUT2D eigenvalue weighted by atomic mass is 10.00. The summed E-state index contributed by atoms with van der Waals surface area (Å²) in [6.07, 6.45) is 5.67. The number of hydrogen-bond acceptors (Lipinski definition) is 2. The van der Waals surface area contributed by atoms with Gasteiger partial charge < -0.3 is 5.32 Å². The molecule has 3 heteroatoms. The van der Waals surface area contributed by atoms with E-state index in [1.807, 2.05) is 0 Å². The van der Waals surface area contributed by atoms with Crippen LogP contribution in [0.5, 0.6) is 0 Å². The van der Waals surface area contributed by atoms with E-state index in [2.05, 4.69) is 56.9 Å². The van der Waals surface area contributed by atoms with Crippen molar-refractivity contribution in [3.8, 4) is 0 Å². The van der Waals surface area contributed by atoms with Crippen molar-refractivity contribution in [2.45, 2.75) is 66.0 Å². The molecule has 1 aliphatic carbocycles. The molecule has 3 nitrogen and oxygen atoms in total. The Morgan fingerprint density at radius 1 is 1.47 bits per heavy atom. The number of nitrogens with zero attached hydrogens (tertiary/aromatic N) is 2. The van der Waals surface area contributed by atoms with Gasteiger partial charge in [0.05, 0.1) is 5.69 Å². The predicted octanol–water partition coefficient (Wildman–Crippen LogP) is 3.42. The van der Waals surface area contributed by atoms with Crippen LogP contribution in [0.25, 0.3) is 0 Å². The summed E-state index contributed by atoms with van der Waals surface area (Å²) in [5.41, 5.74) is 1.75. The molecule has 0 amide bonds. The zero-order chi connectivity index (χ0) is 14.0. The van der Waals surface area contributed by atoms with Crippen LogP contribution in [-0.2, 0) is 6.42 Å². The molecule has 0 aromatic carbocycles. The SMILES string of the molecule is CCNC(Cc1ccn(C(C)CC)n1)C1CC1(C)C. The molecule has 3 atom stereocenters. The van der Waals surface area contributed by atoms with Crippen LogP contribution in [0.3, 0.4) is 0 Å². The summed E-state index contributed by atoms with van der Waals surface area (Å²) >= 11 is 0. The highest BCUT2D eigenvalue weighted by Crippen LogP contribution is 2.53. The molecule has 3 unspecified atom stereocenters. The fourth-order valence-corrected chi connectivity index (χ4v) is 2.96. The van der Waals surface area contributed by atoms with Crippen LogP contribution < -0.4 is 5.32 Å². The summed E-state index contributed by atoms with van der Waals surface area (Å²) in [4.78, 5) is 0. The normalized spacial score (nSPS) is 24.2. The lowest BCUT2D eigenvalue weighted by Gasteiger charge is -2.18. The van der Waals surface area contributed by atoms with Crippen molar-refractivity contribution in [1.82, 2.24) is 15.1 Å². The van der Waals surface area contributed by atoms with Gasteiger partial charge in [-0.2, -0.15) is 5.10 Å². The molecule has 1 saturated carbocycles. The Balaban J connectivity index is 1.99. The average molecular weight is 263 g/mol. The Morgan fingerprint density at radius 3 is 2.68 bits per heavy atom. The minimum Gasteiger partial charge on any atom is -0.314 e. The van der Waals surface area contributed by atoms with Gasteiger partial charge in [-0.15, -0.1) is 0 Å². The van der Waals surface area contributed by atoms with Gasteiger partial charge in [-0.05, 0) is 43.7 Å². The Bertz CT molecular complexity index is 408. The van der Waals surface area contributed by atoms with Crippen LogP contribution in [-0.4, -0.2) is 22.4 Å². The van der Waals surface area contributed by atoms with Crippen LogP contribution in [0.2, 0.25) is 0 Å². The molecule has 0 saturated heterocycles. The van der Waals surface area contributed by atoms with Gasteiger partial charge in [-0.25, -0.2) is 0 Å². The first-order valence-corrected chi connectivity index (χ1v) is 7.75. The van der Waals surface area contributed by atoms with Gasteiger partial charge >= 0.3 is 0 Å². The van der Waals surface area contributed by atoms with E-state index in [0.29, 0.717) is 17.5 Å². The number of hydrogen-bond donors (Lipinski definition) is 1. The molecule has 19 heavy (non-hydrogen) atoms. The Labute approximate surface area is 117 Å². The van der Waals surface area contributed by atoms with Gasteiger partial charge in [-0.1, -0.05) is 27.7 Å². The largest absolute Gasteiger partial charge is 0.314 e. The third kappa shape index (κ3) is 3.38. The molecule has 0 radical (unpaired) electrons. The van der Waals surface area contributed by atoms with Gasteiger partial charge in [0.15, 0.2) is 0 Å². The maximum atomic E-state index is 4.74. The van der Waals surface area contributed by atoms with E-state index < -0.39 is 0 Å². The maximum absolute atomic E-state index is 4.74. The van der Waals surface area contributed by atoms with Crippen molar-refractivity contribution >= 4 is 0 Å². The van der Waals surface area contributed by atoms with E-state index in [1.54, 1.807) is 0 Å².